The van der Waals surface area contributed by atoms with Gasteiger partial charge in [0.15, 0.2) is 0 Å². The maximum absolute atomic E-state index is 7.88. The van der Waals surface area contributed by atoms with Crippen LogP contribution in [0.15, 0.2) is 60.7 Å². The molecule has 0 radical (unpaired) electrons. The molecule has 0 heterocycles. The maximum atomic E-state index is 7.88. The van der Waals surface area contributed by atoms with E-state index in [1.165, 1.54) is 11.1 Å². The number of benzene rings is 2. The molecule has 29 heavy (non-hydrogen) atoms. The van der Waals surface area contributed by atoms with Crippen LogP contribution in [0, 0.1) is 13.8 Å². The van der Waals surface area contributed by atoms with Gasteiger partial charge >= 0.3 is 21.7 Å². The van der Waals surface area contributed by atoms with E-state index in [0.717, 1.165) is 12.8 Å². The second-order valence-corrected chi connectivity index (χ2v) is 7.95. The van der Waals surface area contributed by atoms with Crippen molar-refractivity contribution in [1.82, 2.24) is 0 Å². The van der Waals surface area contributed by atoms with Crippen LogP contribution in [-0.4, -0.2) is 23.4 Å². The molecule has 0 aliphatic rings. The topological polar surface area (TPSA) is 40.5 Å². The van der Waals surface area contributed by atoms with Crippen LogP contribution in [0.5, 0.6) is 0 Å². The standard InChI is InChI=1S/2C10H13.2C3H8O.Ti/c2*1-10(2,3)9-7-5-4-6-8-9;2*1-2-3-4;/h2*4-8H,1H2,2-3H3;2*4H,2-3H2,1H3;/q2*-1;;;+2. The van der Waals surface area contributed by atoms with Crippen LogP contribution >= 0.6 is 0 Å². The van der Waals surface area contributed by atoms with Gasteiger partial charge in [-0.1, -0.05) is 113 Å². The summed E-state index contributed by atoms with van der Waals surface area (Å²) in [5.41, 5.74) is 2.66. The molecule has 2 aromatic carbocycles. The Kier molecular flexibility index (Phi) is 21.5. The Morgan fingerprint density at radius 3 is 0.931 bits per heavy atom. The summed E-state index contributed by atoms with van der Waals surface area (Å²) in [7, 11) is 0. The molecule has 2 nitrogen and oxygen atoms in total. The minimum atomic E-state index is 0. The van der Waals surface area contributed by atoms with Gasteiger partial charge in [0.05, 0.1) is 0 Å². The normalized spacial score (nSPS) is 10.0. The predicted molar refractivity (Wildman–Crippen MR) is 124 cm³/mol. The molecule has 0 amide bonds. The van der Waals surface area contributed by atoms with Crippen molar-refractivity contribution < 1.29 is 31.9 Å². The van der Waals surface area contributed by atoms with Crippen molar-refractivity contribution in [3.63, 3.8) is 0 Å². The maximum Gasteiger partial charge on any atom is 2.00 e. The largest absolute Gasteiger partial charge is 2.00 e. The average Bonchev–Trinajstić information content (AvgIpc) is 2.69. The summed E-state index contributed by atoms with van der Waals surface area (Å²) in [6, 6.07) is 20.6. The van der Waals surface area contributed by atoms with Crippen molar-refractivity contribution in [2.45, 2.75) is 65.2 Å². The molecule has 2 rings (SSSR count). The van der Waals surface area contributed by atoms with Crippen molar-refractivity contribution in [3.8, 4) is 0 Å². The Bertz CT molecular complexity index is 497. The number of aliphatic hydroxyl groups excluding tert-OH is 2. The third-order valence-corrected chi connectivity index (χ3v) is 3.56. The molecule has 2 N–H and O–H groups in total. The Hall–Kier alpha value is -0.926. The van der Waals surface area contributed by atoms with Crippen molar-refractivity contribution in [1.29, 1.82) is 0 Å². The monoisotopic (exact) mass is 434 g/mol. The first-order chi connectivity index (χ1) is 13.0. The SMILES string of the molecule is CCCO.CCCO.[CH2-]C(C)(C)c1ccccc1.[CH2-]C(C)(C)c1ccccc1.[Ti+2]. The molecule has 0 fully saturated rings. The van der Waals surface area contributed by atoms with Crippen LogP contribution < -0.4 is 0 Å². The van der Waals surface area contributed by atoms with Gasteiger partial charge in [-0.3, -0.25) is 0 Å². The smallest absolute Gasteiger partial charge is 0.396 e. The van der Waals surface area contributed by atoms with Crippen molar-refractivity contribution in [3.05, 3.63) is 85.6 Å². The molecular formula is C26H42O2Ti. The van der Waals surface area contributed by atoms with Gasteiger partial charge in [-0.2, -0.15) is 0 Å². The number of rotatable bonds is 4. The fourth-order valence-corrected chi connectivity index (χ4v) is 1.78. The van der Waals surface area contributed by atoms with Gasteiger partial charge in [0.1, 0.15) is 0 Å². The molecule has 2 aromatic rings. The summed E-state index contributed by atoms with van der Waals surface area (Å²) in [6.45, 7) is 21.0. The van der Waals surface area contributed by atoms with Gasteiger partial charge in [-0.25, -0.2) is 0 Å². The molecule has 0 saturated carbocycles. The van der Waals surface area contributed by atoms with Crippen LogP contribution in [0.2, 0.25) is 0 Å². The number of hydrogen-bond acceptors (Lipinski definition) is 2. The van der Waals surface area contributed by atoms with E-state index in [9.17, 15) is 0 Å². The van der Waals surface area contributed by atoms with E-state index in [2.05, 4.69) is 65.8 Å². The average molecular weight is 434 g/mol. The van der Waals surface area contributed by atoms with Crippen molar-refractivity contribution in [2.75, 3.05) is 13.2 Å². The molecule has 0 aliphatic heterocycles. The summed E-state index contributed by atoms with van der Waals surface area (Å²) in [5.74, 6) is 0. The molecule has 0 saturated heterocycles. The van der Waals surface area contributed by atoms with E-state index in [1.807, 2.05) is 50.2 Å². The summed E-state index contributed by atoms with van der Waals surface area (Å²) < 4.78 is 0. The van der Waals surface area contributed by atoms with E-state index in [1.54, 1.807) is 0 Å². The van der Waals surface area contributed by atoms with E-state index < -0.39 is 0 Å². The van der Waals surface area contributed by atoms with Crippen molar-refractivity contribution >= 4 is 0 Å². The van der Waals surface area contributed by atoms with Gasteiger partial charge in [0, 0.05) is 13.2 Å². The van der Waals surface area contributed by atoms with Crippen LogP contribution in [0.3, 0.4) is 0 Å². The molecule has 0 spiro atoms. The summed E-state index contributed by atoms with van der Waals surface area (Å²) >= 11 is 0. The van der Waals surface area contributed by atoms with Crippen LogP contribution in [0.25, 0.3) is 0 Å². The molecule has 0 aliphatic carbocycles. The fraction of sp³-hybridized carbons (Fsp3) is 0.462. The minimum Gasteiger partial charge on any atom is -0.396 e. The second-order valence-electron chi connectivity index (χ2n) is 7.95. The fourth-order valence-electron chi connectivity index (χ4n) is 1.78. The minimum absolute atomic E-state index is 0. The molecule has 0 atom stereocenters. The van der Waals surface area contributed by atoms with Gasteiger partial charge in [-0.15, -0.1) is 10.8 Å². The Labute approximate surface area is 195 Å². The molecule has 3 heteroatoms. The quantitative estimate of drug-likeness (QED) is 0.434. The first-order valence-corrected chi connectivity index (χ1v) is 10.1. The van der Waals surface area contributed by atoms with Gasteiger partial charge in [-0.05, 0) is 12.8 Å². The Balaban J connectivity index is -0.000000336. The van der Waals surface area contributed by atoms with E-state index in [4.69, 9.17) is 10.2 Å². The summed E-state index contributed by atoms with van der Waals surface area (Å²) in [4.78, 5) is 0. The van der Waals surface area contributed by atoms with Crippen LogP contribution in [0.4, 0.5) is 0 Å². The third-order valence-electron chi connectivity index (χ3n) is 3.56. The van der Waals surface area contributed by atoms with Gasteiger partial charge in [0.2, 0.25) is 0 Å². The third kappa shape index (κ3) is 20.1. The molecular weight excluding hydrogens is 392 g/mol. The molecule has 0 bridgehead atoms. The first kappa shape index (κ1) is 32.7. The summed E-state index contributed by atoms with van der Waals surface area (Å²) in [5, 5.41) is 15.8. The van der Waals surface area contributed by atoms with Crippen LogP contribution in [0.1, 0.15) is 65.5 Å². The molecule has 0 aromatic heterocycles. The van der Waals surface area contributed by atoms with Crippen molar-refractivity contribution in [2.24, 2.45) is 0 Å². The molecule has 0 unspecified atom stereocenters. The van der Waals surface area contributed by atoms with E-state index >= 15 is 0 Å². The van der Waals surface area contributed by atoms with Gasteiger partial charge < -0.3 is 24.1 Å². The number of aliphatic hydroxyl groups is 2. The second kappa shape index (κ2) is 19.1. The zero-order valence-electron chi connectivity index (χ0n) is 19.4. The predicted octanol–water partition coefficient (Wildman–Crippen LogP) is 6.37. The number of hydrogen-bond donors (Lipinski definition) is 2. The molecule has 162 valence electrons. The van der Waals surface area contributed by atoms with E-state index in [0.29, 0.717) is 13.2 Å². The Morgan fingerprint density at radius 1 is 0.621 bits per heavy atom. The summed E-state index contributed by atoms with van der Waals surface area (Å²) in [6.07, 6.45) is 1.75. The zero-order chi connectivity index (χ0) is 22.1. The zero-order valence-corrected chi connectivity index (χ0v) is 21.0. The Morgan fingerprint density at radius 2 is 0.828 bits per heavy atom. The first-order valence-electron chi connectivity index (χ1n) is 10.1. The van der Waals surface area contributed by atoms with E-state index in [-0.39, 0.29) is 32.5 Å². The van der Waals surface area contributed by atoms with Gasteiger partial charge in [0.25, 0.3) is 0 Å². The van der Waals surface area contributed by atoms with Crippen LogP contribution in [-0.2, 0) is 32.5 Å².